The summed E-state index contributed by atoms with van der Waals surface area (Å²) in [6.45, 7) is 0. The molecule has 0 aliphatic carbocycles. The molecule has 1 aromatic heterocycles. The summed E-state index contributed by atoms with van der Waals surface area (Å²) in [4.78, 5) is 0. The van der Waals surface area contributed by atoms with Crippen molar-refractivity contribution in [3.05, 3.63) is 41.2 Å². The van der Waals surface area contributed by atoms with Crippen LogP contribution >= 0.6 is 11.6 Å². The van der Waals surface area contributed by atoms with Crippen molar-refractivity contribution in [3.8, 4) is 11.4 Å². The highest BCUT2D eigenvalue weighted by molar-refractivity contribution is 6.30. The van der Waals surface area contributed by atoms with Crippen LogP contribution in [0.4, 0.5) is 8.78 Å². The summed E-state index contributed by atoms with van der Waals surface area (Å²) in [6.07, 6.45) is 2.52. The fourth-order valence-corrected chi connectivity index (χ4v) is 1.33. The van der Waals surface area contributed by atoms with E-state index in [0.717, 1.165) is 16.8 Å². The van der Waals surface area contributed by atoms with Gasteiger partial charge in [0, 0.05) is 18.3 Å². The van der Waals surface area contributed by atoms with Crippen LogP contribution in [-0.4, -0.2) is 14.9 Å². The number of phenols is 1. The molecule has 0 bridgehead atoms. The molecule has 0 amide bonds. The Labute approximate surface area is 88.5 Å². The van der Waals surface area contributed by atoms with E-state index < -0.39 is 17.4 Å². The minimum atomic E-state index is -0.910. The van der Waals surface area contributed by atoms with Crippen LogP contribution in [-0.2, 0) is 0 Å². The molecule has 1 N–H and O–H groups in total. The van der Waals surface area contributed by atoms with Crippen LogP contribution < -0.4 is 0 Å². The zero-order chi connectivity index (χ0) is 11.0. The molecule has 15 heavy (non-hydrogen) atoms. The maximum Gasteiger partial charge on any atom is 0.155 e. The van der Waals surface area contributed by atoms with Crippen molar-refractivity contribution in [1.82, 2.24) is 9.78 Å². The zero-order valence-electron chi connectivity index (χ0n) is 7.28. The lowest BCUT2D eigenvalue weighted by molar-refractivity contribution is 0.458. The Morgan fingerprint density at radius 3 is 2.33 bits per heavy atom. The van der Waals surface area contributed by atoms with Gasteiger partial charge < -0.3 is 5.11 Å². The molecule has 78 valence electrons. The number of hydrogen-bond donors (Lipinski definition) is 1. The molecule has 0 aliphatic rings. The first-order valence-electron chi connectivity index (χ1n) is 3.96. The molecule has 3 nitrogen and oxygen atoms in total. The maximum absolute atomic E-state index is 13.3. The topological polar surface area (TPSA) is 38.0 Å². The molecule has 1 heterocycles. The molecule has 0 saturated heterocycles. The van der Waals surface area contributed by atoms with E-state index in [1.807, 2.05) is 0 Å². The van der Waals surface area contributed by atoms with E-state index in [1.165, 1.54) is 12.4 Å². The molecule has 0 aliphatic heterocycles. The van der Waals surface area contributed by atoms with Crippen LogP contribution in [0.15, 0.2) is 24.5 Å². The quantitative estimate of drug-likeness (QED) is 0.818. The number of benzene rings is 1. The Kier molecular flexibility index (Phi) is 2.32. The first-order valence-corrected chi connectivity index (χ1v) is 4.34. The standard InChI is InChI=1S/C9H5ClF2N2O/c10-5-3-13-14(4-5)9-7(11)1-6(15)2-8(9)12/h1-4,15H. The first-order chi connectivity index (χ1) is 7.08. The number of rotatable bonds is 1. The van der Waals surface area contributed by atoms with Crippen molar-refractivity contribution in [2.24, 2.45) is 0 Å². The second-order valence-corrected chi connectivity index (χ2v) is 3.30. The molecule has 0 spiro atoms. The average Bonchev–Trinajstić information content (AvgIpc) is 2.49. The fraction of sp³-hybridized carbons (Fsp3) is 0. The highest BCUT2D eigenvalue weighted by Crippen LogP contribution is 2.23. The van der Waals surface area contributed by atoms with Gasteiger partial charge in [0.15, 0.2) is 11.6 Å². The number of aromatic nitrogens is 2. The van der Waals surface area contributed by atoms with Gasteiger partial charge in [-0.1, -0.05) is 11.6 Å². The SMILES string of the molecule is Oc1cc(F)c(-n2cc(Cl)cn2)c(F)c1. The molecule has 2 aromatic rings. The molecule has 1 aromatic carbocycles. The Balaban J connectivity index is 2.62. The predicted molar refractivity (Wildman–Crippen MR) is 50.2 cm³/mol. The molecule has 0 unspecified atom stereocenters. The number of aromatic hydroxyl groups is 1. The van der Waals surface area contributed by atoms with E-state index in [2.05, 4.69) is 5.10 Å². The van der Waals surface area contributed by atoms with E-state index in [1.54, 1.807) is 0 Å². The molecular formula is C9H5ClF2N2O. The summed E-state index contributed by atoms with van der Waals surface area (Å²) in [6, 6.07) is 1.60. The average molecular weight is 231 g/mol. The summed E-state index contributed by atoms with van der Waals surface area (Å²) in [5.41, 5.74) is -0.375. The molecular weight excluding hydrogens is 226 g/mol. The molecule has 2 rings (SSSR count). The number of hydrogen-bond acceptors (Lipinski definition) is 2. The van der Waals surface area contributed by atoms with Gasteiger partial charge in [-0.05, 0) is 0 Å². The van der Waals surface area contributed by atoms with Gasteiger partial charge in [0.05, 0.1) is 11.2 Å². The Hall–Kier alpha value is -1.62. The van der Waals surface area contributed by atoms with Crippen molar-refractivity contribution < 1.29 is 13.9 Å². The summed E-state index contributed by atoms with van der Waals surface area (Å²) in [5.74, 6) is -2.30. The third-order valence-electron chi connectivity index (χ3n) is 1.78. The second kappa shape index (κ2) is 3.51. The van der Waals surface area contributed by atoms with E-state index in [4.69, 9.17) is 16.7 Å². The van der Waals surface area contributed by atoms with Gasteiger partial charge in [-0.25, -0.2) is 13.5 Å². The normalized spacial score (nSPS) is 10.6. The van der Waals surface area contributed by atoms with Gasteiger partial charge in [-0.15, -0.1) is 0 Å². The summed E-state index contributed by atoms with van der Waals surface area (Å²) < 4.78 is 27.6. The van der Waals surface area contributed by atoms with Gasteiger partial charge >= 0.3 is 0 Å². The van der Waals surface area contributed by atoms with Crippen LogP contribution in [0.3, 0.4) is 0 Å². The Morgan fingerprint density at radius 1 is 1.27 bits per heavy atom. The van der Waals surface area contributed by atoms with Crippen LogP contribution in [0, 0.1) is 11.6 Å². The fourth-order valence-electron chi connectivity index (χ4n) is 1.19. The van der Waals surface area contributed by atoms with Crippen LogP contribution in [0.5, 0.6) is 5.75 Å². The van der Waals surface area contributed by atoms with Crippen LogP contribution in [0.2, 0.25) is 5.02 Å². The molecule has 0 atom stereocenters. The molecule has 0 saturated carbocycles. The lowest BCUT2D eigenvalue weighted by Crippen LogP contribution is -2.01. The van der Waals surface area contributed by atoms with Crippen molar-refractivity contribution in [1.29, 1.82) is 0 Å². The first kappa shape index (κ1) is 9.92. The molecule has 0 fully saturated rings. The molecule has 6 heteroatoms. The molecule has 0 radical (unpaired) electrons. The maximum atomic E-state index is 13.3. The smallest absolute Gasteiger partial charge is 0.155 e. The van der Waals surface area contributed by atoms with Gasteiger partial charge in [0.25, 0.3) is 0 Å². The lowest BCUT2D eigenvalue weighted by atomic mass is 10.2. The van der Waals surface area contributed by atoms with Crippen molar-refractivity contribution in [2.75, 3.05) is 0 Å². The van der Waals surface area contributed by atoms with Crippen molar-refractivity contribution in [2.45, 2.75) is 0 Å². The highest BCUT2D eigenvalue weighted by atomic mass is 35.5. The van der Waals surface area contributed by atoms with Crippen molar-refractivity contribution in [3.63, 3.8) is 0 Å². The van der Waals surface area contributed by atoms with Crippen LogP contribution in [0.1, 0.15) is 0 Å². The number of halogens is 3. The van der Waals surface area contributed by atoms with Gasteiger partial charge in [-0.2, -0.15) is 5.10 Å². The van der Waals surface area contributed by atoms with E-state index in [-0.39, 0.29) is 10.7 Å². The second-order valence-electron chi connectivity index (χ2n) is 2.86. The van der Waals surface area contributed by atoms with E-state index in [0.29, 0.717) is 0 Å². The van der Waals surface area contributed by atoms with Crippen molar-refractivity contribution >= 4 is 11.6 Å². The third-order valence-corrected chi connectivity index (χ3v) is 1.98. The minimum Gasteiger partial charge on any atom is -0.508 e. The van der Waals surface area contributed by atoms with Gasteiger partial charge in [0.2, 0.25) is 0 Å². The zero-order valence-corrected chi connectivity index (χ0v) is 8.04. The lowest BCUT2D eigenvalue weighted by Gasteiger charge is -2.04. The third kappa shape index (κ3) is 1.78. The predicted octanol–water partition coefficient (Wildman–Crippen LogP) is 2.51. The highest BCUT2D eigenvalue weighted by Gasteiger charge is 2.13. The minimum absolute atomic E-state index is 0.266. The Morgan fingerprint density at radius 2 is 1.87 bits per heavy atom. The largest absolute Gasteiger partial charge is 0.508 e. The monoisotopic (exact) mass is 230 g/mol. The number of phenolic OH excluding ortho intramolecular Hbond substituents is 1. The summed E-state index contributed by atoms with van der Waals surface area (Å²) in [5, 5.41) is 12.9. The van der Waals surface area contributed by atoms with Gasteiger partial charge in [-0.3, -0.25) is 0 Å². The summed E-state index contributed by atoms with van der Waals surface area (Å²) in [7, 11) is 0. The van der Waals surface area contributed by atoms with Gasteiger partial charge in [0.1, 0.15) is 11.4 Å². The van der Waals surface area contributed by atoms with E-state index >= 15 is 0 Å². The number of nitrogens with zero attached hydrogens (tertiary/aromatic N) is 2. The Bertz CT molecular complexity index is 490. The summed E-state index contributed by atoms with van der Waals surface area (Å²) >= 11 is 5.57. The van der Waals surface area contributed by atoms with E-state index in [9.17, 15) is 8.78 Å². The van der Waals surface area contributed by atoms with Crippen LogP contribution in [0.25, 0.3) is 5.69 Å².